The smallest absolute Gasteiger partial charge is 0.194 e. The van der Waals surface area contributed by atoms with Gasteiger partial charge in [-0.25, -0.2) is 9.38 Å². The third kappa shape index (κ3) is 4.92. The molecule has 0 spiro atoms. The van der Waals surface area contributed by atoms with Gasteiger partial charge in [0.15, 0.2) is 5.96 Å². The van der Waals surface area contributed by atoms with E-state index in [-0.39, 0.29) is 5.82 Å². The number of halogens is 2. The summed E-state index contributed by atoms with van der Waals surface area (Å²) >= 11 is 3.48. The Morgan fingerprint density at radius 3 is 2.92 bits per heavy atom. The van der Waals surface area contributed by atoms with Crippen molar-refractivity contribution in [2.24, 2.45) is 4.99 Å². The van der Waals surface area contributed by atoms with Gasteiger partial charge in [-0.2, -0.15) is 0 Å². The number of benzene rings is 1. The van der Waals surface area contributed by atoms with Gasteiger partial charge in [0.2, 0.25) is 0 Å². The zero-order chi connectivity index (χ0) is 17.6. The SMILES string of the molecule is CCNC(=NCc1cc(F)ccc1Br)N1CCC(N2CCOCC2)C1. The van der Waals surface area contributed by atoms with E-state index in [4.69, 9.17) is 9.73 Å². The first-order valence-electron chi connectivity index (χ1n) is 8.96. The van der Waals surface area contributed by atoms with E-state index in [9.17, 15) is 4.39 Å². The topological polar surface area (TPSA) is 40.1 Å². The fourth-order valence-corrected chi connectivity index (χ4v) is 3.80. The molecule has 0 radical (unpaired) electrons. The minimum Gasteiger partial charge on any atom is -0.379 e. The van der Waals surface area contributed by atoms with E-state index in [1.165, 1.54) is 12.1 Å². The molecule has 2 fully saturated rings. The van der Waals surface area contributed by atoms with Crippen molar-refractivity contribution in [2.75, 3.05) is 45.9 Å². The predicted molar refractivity (Wildman–Crippen MR) is 101 cm³/mol. The highest BCUT2D eigenvalue weighted by Gasteiger charge is 2.30. The van der Waals surface area contributed by atoms with Crippen molar-refractivity contribution in [3.63, 3.8) is 0 Å². The highest BCUT2D eigenvalue weighted by Crippen LogP contribution is 2.20. The molecule has 2 heterocycles. The molecule has 1 aromatic carbocycles. The van der Waals surface area contributed by atoms with E-state index >= 15 is 0 Å². The zero-order valence-electron chi connectivity index (χ0n) is 14.7. The maximum absolute atomic E-state index is 13.5. The standard InChI is InChI=1S/C18H26BrFN4O/c1-2-21-18(22-12-14-11-15(20)3-4-17(14)19)24-6-5-16(13-24)23-7-9-25-10-8-23/h3-4,11,16H,2,5-10,12-13H2,1H3,(H,21,22). The van der Waals surface area contributed by atoms with Gasteiger partial charge in [-0.1, -0.05) is 15.9 Å². The Bertz CT molecular complexity index is 607. The lowest BCUT2D eigenvalue weighted by atomic mass is 10.2. The van der Waals surface area contributed by atoms with Crippen LogP contribution >= 0.6 is 15.9 Å². The van der Waals surface area contributed by atoms with Gasteiger partial charge in [0.25, 0.3) is 0 Å². The number of guanidine groups is 1. The second-order valence-electron chi connectivity index (χ2n) is 6.44. The molecule has 1 N–H and O–H groups in total. The van der Waals surface area contributed by atoms with Crippen LogP contribution in [0, 0.1) is 5.82 Å². The number of nitrogens with zero attached hydrogens (tertiary/aromatic N) is 3. The Kier molecular flexibility index (Phi) is 6.67. The minimum atomic E-state index is -0.230. The average molecular weight is 413 g/mol. The molecule has 2 saturated heterocycles. The van der Waals surface area contributed by atoms with Crippen molar-refractivity contribution >= 4 is 21.9 Å². The van der Waals surface area contributed by atoms with Crippen molar-refractivity contribution in [1.82, 2.24) is 15.1 Å². The summed E-state index contributed by atoms with van der Waals surface area (Å²) in [7, 11) is 0. The van der Waals surface area contributed by atoms with Gasteiger partial charge in [-0.05, 0) is 37.1 Å². The molecule has 3 rings (SSSR count). The van der Waals surface area contributed by atoms with Gasteiger partial charge < -0.3 is 15.0 Å². The molecule has 5 nitrogen and oxygen atoms in total. The lowest BCUT2D eigenvalue weighted by Crippen LogP contribution is -2.46. The third-order valence-corrected chi connectivity index (χ3v) is 5.54. The van der Waals surface area contributed by atoms with Gasteiger partial charge in [0, 0.05) is 43.2 Å². The van der Waals surface area contributed by atoms with E-state index < -0.39 is 0 Å². The second-order valence-corrected chi connectivity index (χ2v) is 7.30. The minimum absolute atomic E-state index is 0.230. The van der Waals surface area contributed by atoms with Gasteiger partial charge in [0.1, 0.15) is 5.82 Å². The molecule has 0 bridgehead atoms. The van der Waals surface area contributed by atoms with Crippen LogP contribution in [-0.4, -0.2) is 67.7 Å². The molecule has 0 aromatic heterocycles. The molecular weight excluding hydrogens is 387 g/mol. The van der Waals surface area contributed by atoms with Crippen LogP contribution in [0.15, 0.2) is 27.7 Å². The molecule has 138 valence electrons. The maximum atomic E-state index is 13.5. The lowest BCUT2D eigenvalue weighted by Gasteiger charge is -2.32. The van der Waals surface area contributed by atoms with Crippen molar-refractivity contribution in [1.29, 1.82) is 0 Å². The molecule has 2 aliphatic rings. The first kappa shape index (κ1) is 18.6. The zero-order valence-corrected chi connectivity index (χ0v) is 16.3. The van der Waals surface area contributed by atoms with Gasteiger partial charge >= 0.3 is 0 Å². The number of aliphatic imine (C=N–C) groups is 1. The number of morpholine rings is 1. The van der Waals surface area contributed by atoms with Crippen LogP contribution in [0.2, 0.25) is 0 Å². The van der Waals surface area contributed by atoms with Gasteiger partial charge in [-0.15, -0.1) is 0 Å². The van der Waals surface area contributed by atoms with Gasteiger partial charge in [-0.3, -0.25) is 4.90 Å². The van der Waals surface area contributed by atoms with Crippen molar-refractivity contribution in [3.8, 4) is 0 Å². The average Bonchev–Trinajstić information content (AvgIpc) is 3.12. The summed E-state index contributed by atoms with van der Waals surface area (Å²) in [6, 6.07) is 5.29. The Balaban J connectivity index is 1.65. The van der Waals surface area contributed by atoms with E-state index in [1.807, 2.05) is 0 Å². The molecule has 0 saturated carbocycles. The molecule has 1 atom stereocenters. The van der Waals surface area contributed by atoms with Crippen LogP contribution in [0.4, 0.5) is 4.39 Å². The summed E-state index contributed by atoms with van der Waals surface area (Å²) in [5.41, 5.74) is 0.860. The summed E-state index contributed by atoms with van der Waals surface area (Å²) < 4.78 is 19.8. The van der Waals surface area contributed by atoms with E-state index in [0.717, 1.165) is 68.4 Å². The molecule has 7 heteroatoms. The molecule has 25 heavy (non-hydrogen) atoms. The number of likely N-dealkylation sites (tertiary alicyclic amines) is 1. The van der Waals surface area contributed by atoms with Crippen LogP contribution in [0.3, 0.4) is 0 Å². The number of nitrogens with one attached hydrogen (secondary N) is 1. The highest BCUT2D eigenvalue weighted by atomic mass is 79.9. The van der Waals surface area contributed by atoms with E-state index in [0.29, 0.717) is 12.6 Å². The first-order chi connectivity index (χ1) is 12.2. The van der Waals surface area contributed by atoms with E-state index in [1.54, 1.807) is 6.07 Å². The molecule has 0 aliphatic carbocycles. The fraction of sp³-hybridized carbons (Fsp3) is 0.611. The lowest BCUT2D eigenvalue weighted by molar-refractivity contribution is 0.0195. The van der Waals surface area contributed by atoms with E-state index in [2.05, 4.69) is 38.0 Å². The highest BCUT2D eigenvalue weighted by molar-refractivity contribution is 9.10. The Labute approximate surface area is 157 Å². The number of hydrogen-bond acceptors (Lipinski definition) is 3. The Morgan fingerprint density at radius 1 is 1.36 bits per heavy atom. The first-order valence-corrected chi connectivity index (χ1v) is 9.75. The van der Waals surface area contributed by atoms with Crippen LogP contribution < -0.4 is 5.32 Å². The fourth-order valence-electron chi connectivity index (χ4n) is 3.43. The van der Waals surface area contributed by atoms with Crippen molar-refractivity contribution in [3.05, 3.63) is 34.1 Å². The van der Waals surface area contributed by atoms with Crippen LogP contribution in [-0.2, 0) is 11.3 Å². The Morgan fingerprint density at radius 2 is 2.16 bits per heavy atom. The molecule has 0 amide bonds. The molecule has 2 aliphatic heterocycles. The Hall–Kier alpha value is -1.18. The summed E-state index contributed by atoms with van der Waals surface area (Å²) in [6.45, 7) is 9.03. The normalized spacial score (nSPS) is 22.4. The number of ether oxygens (including phenoxy) is 1. The third-order valence-electron chi connectivity index (χ3n) is 4.77. The summed E-state index contributed by atoms with van der Waals surface area (Å²) in [5.74, 6) is 0.682. The molecule has 1 unspecified atom stereocenters. The maximum Gasteiger partial charge on any atom is 0.194 e. The summed E-state index contributed by atoms with van der Waals surface area (Å²) in [6.07, 6.45) is 1.15. The number of rotatable bonds is 4. The van der Waals surface area contributed by atoms with Crippen LogP contribution in [0.25, 0.3) is 0 Å². The van der Waals surface area contributed by atoms with Crippen LogP contribution in [0.5, 0.6) is 0 Å². The summed E-state index contributed by atoms with van der Waals surface area (Å²) in [4.78, 5) is 9.58. The summed E-state index contributed by atoms with van der Waals surface area (Å²) in [5, 5.41) is 3.38. The molecule has 1 aromatic rings. The monoisotopic (exact) mass is 412 g/mol. The van der Waals surface area contributed by atoms with Crippen molar-refractivity contribution < 1.29 is 9.13 Å². The van der Waals surface area contributed by atoms with Gasteiger partial charge in [0.05, 0.1) is 19.8 Å². The second kappa shape index (κ2) is 8.96. The number of hydrogen-bond donors (Lipinski definition) is 1. The van der Waals surface area contributed by atoms with Crippen LogP contribution in [0.1, 0.15) is 18.9 Å². The quantitative estimate of drug-likeness (QED) is 0.608. The largest absolute Gasteiger partial charge is 0.379 e. The predicted octanol–water partition coefficient (Wildman–Crippen LogP) is 2.46. The molecular formula is C18H26BrFN4O. The van der Waals surface area contributed by atoms with Crippen molar-refractivity contribution in [2.45, 2.75) is 25.9 Å².